The summed E-state index contributed by atoms with van der Waals surface area (Å²) in [5.74, 6) is 0.796. The highest BCUT2D eigenvalue weighted by Crippen LogP contribution is 2.21. The monoisotopic (exact) mass is 263 g/mol. The summed E-state index contributed by atoms with van der Waals surface area (Å²) < 4.78 is 24.7. The first kappa shape index (κ1) is 13.6. The Hall–Kier alpha value is -1.81. The summed E-state index contributed by atoms with van der Waals surface area (Å²) in [6, 6.07) is 6.98. The van der Waals surface area contributed by atoms with E-state index in [2.05, 4.69) is 5.32 Å². The Balaban J connectivity index is 2.02. The van der Waals surface area contributed by atoms with Gasteiger partial charge in [-0.2, -0.15) is 0 Å². The van der Waals surface area contributed by atoms with E-state index in [1.807, 2.05) is 13.0 Å². The molecular weight excluding hydrogens is 245 g/mol. The van der Waals surface area contributed by atoms with Crippen molar-refractivity contribution in [2.45, 2.75) is 27.0 Å². The highest BCUT2D eigenvalue weighted by molar-refractivity contribution is 5.30. The Kier molecular flexibility index (Phi) is 4.58. The molecular formula is C15H18FNO2. The topological polar surface area (TPSA) is 34.4 Å². The first-order valence-corrected chi connectivity index (χ1v) is 6.36. The molecule has 3 nitrogen and oxygen atoms in total. The average Bonchev–Trinajstić information content (AvgIpc) is 2.85. The summed E-state index contributed by atoms with van der Waals surface area (Å²) in [6.45, 7) is 5.57. The highest BCUT2D eigenvalue weighted by Gasteiger charge is 2.09. The quantitative estimate of drug-likeness (QED) is 0.867. The molecule has 0 saturated carbocycles. The lowest BCUT2D eigenvalue weighted by molar-refractivity contribution is 0.285. The second-order valence-electron chi connectivity index (χ2n) is 4.33. The lowest BCUT2D eigenvalue weighted by atomic mass is 10.2. The van der Waals surface area contributed by atoms with Crippen LogP contribution in [-0.2, 0) is 13.2 Å². The molecule has 0 atom stereocenters. The van der Waals surface area contributed by atoms with E-state index < -0.39 is 0 Å². The molecule has 0 spiro atoms. The molecule has 4 heteroatoms. The summed E-state index contributed by atoms with van der Waals surface area (Å²) in [5, 5.41) is 3.19. The maximum absolute atomic E-state index is 13.8. The van der Waals surface area contributed by atoms with Crippen LogP contribution < -0.4 is 10.1 Å². The minimum atomic E-state index is -0.306. The smallest absolute Gasteiger partial charge is 0.167 e. The van der Waals surface area contributed by atoms with Gasteiger partial charge in [-0.15, -0.1) is 0 Å². The highest BCUT2D eigenvalue weighted by atomic mass is 19.1. The van der Waals surface area contributed by atoms with Crippen LogP contribution in [0.2, 0.25) is 0 Å². The van der Waals surface area contributed by atoms with Gasteiger partial charge >= 0.3 is 0 Å². The van der Waals surface area contributed by atoms with Crippen LogP contribution in [0, 0.1) is 12.7 Å². The van der Waals surface area contributed by atoms with Crippen LogP contribution in [0.1, 0.15) is 23.8 Å². The molecule has 0 amide bonds. The van der Waals surface area contributed by atoms with Gasteiger partial charge in [-0.25, -0.2) is 4.39 Å². The summed E-state index contributed by atoms with van der Waals surface area (Å²) in [4.78, 5) is 0. The first-order chi connectivity index (χ1) is 9.22. The van der Waals surface area contributed by atoms with E-state index >= 15 is 0 Å². The van der Waals surface area contributed by atoms with Gasteiger partial charge in [0.05, 0.1) is 12.8 Å². The van der Waals surface area contributed by atoms with Crippen molar-refractivity contribution in [1.29, 1.82) is 0 Å². The summed E-state index contributed by atoms with van der Waals surface area (Å²) in [7, 11) is 0. The van der Waals surface area contributed by atoms with Gasteiger partial charge in [0, 0.05) is 5.56 Å². The number of rotatable bonds is 6. The van der Waals surface area contributed by atoms with Gasteiger partial charge in [-0.1, -0.05) is 19.1 Å². The predicted molar refractivity (Wildman–Crippen MR) is 71.6 cm³/mol. The number of nitrogens with one attached hydrogen (secondary N) is 1. The largest absolute Gasteiger partial charge is 0.486 e. The van der Waals surface area contributed by atoms with E-state index in [-0.39, 0.29) is 11.6 Å². The predicted octanol–water partition coefficient (Wildman–Crippen LogP) is 3.42. The van der Waals surface area contributed by atoms with Crippen molar-refractivity contribution in [3.63, 3.8) is 0 Å². The van der Waals surface area contributed by atoms with Gasteiger partial charge < -0.3 is 14.5 Å². The standard InChI is InChI=1S/C15H18FNO2/c1-3-17-9-14-12(7-8-18-14)10-19-13-6-4-5-11(2)15(13)16/h4-8,17H,3,9-10H2,1-2H3. The van der Waals surface area contributed by atoms with Crippen LogP contribution in [0.4, 0.5) is 4.39 Å². The van der Waals surface area contributed by atoms with Crippen LogP contribution in [0.15, 0.2) is 34.9 Å². The van der Waals surface area contributed by atoms with Crippen LogP contribution in [-0.4, -0.2) is 6.54 Å². The van der Waals surface area contributed by atoms with E-state index in [1.54, 1.807) is 31.4 Å². The Morgan fingerprint density at radius 3 is 2.95 bits per heavy atom. The lowest BCUT2D eigenvalue weighted by Crippen LogP contribution is -2.12. The number of ether oxygens (including phenoxy) is 1. The molecule has 1 aromatic carbocycles. The lowest BCUT2D eigenvalue weighted by Gasteiger charge is -2.08. The number of furan rings is 1. The SMILES string of the molecule is CCNCc1occc1COc1cccc(C)c1F. The molecule has 0 bridgehead atoms. The average molecular weight is 263 g/mol. The van der Waals surface area contributed by atoms with Crippen LogP contribution in [0.3, 0.4) is 0 Å². The minimum Gasteiger partial charge on any atom is -0.486 e. The molecule has 1 aromatic heterocycles. The molecule has 0 radical (unpaired) electrons. The Morgan fingerprint density at radius 2 is 2.16 bits per heavy atom. The molecule has 0 fully saturated rings. The normalized spacial score (nSPS) is 10.7. The number of aryl methyl sites for hydroxylation is 1. The van der Waals surface area contributed by atoms with Crippen molar-refractivity contribution in [2.75, 3.05) is 6.54 Å². The molecule has 1 N–H and O–H groups in total. The molecule has 0 aliphatic heterocycles. The molecule has 1 heterocycles. The molecule has 102 valence electrons. The van der Waals surface area contributed by atoms with Gasteiger partial charge in [0.25, 0.3) is 0 Å². The third kappa shape index (κ3) is 3.35. The Labute approximate surface area is 112 Å². The molecule has 0 unspecified atom stereocenters. The van der Waals surface area contributed by atoms with Gasteiger partial charge in [0.2, 0.25) is 0 Å². The van der Waals surface area contributed by atoms with Crippen molar-refractivity contribution in [3.8, 4) is 5.75 Å². The minimum absolute atomic E-state index is 0.274. The van der Waals surface area contributed by atoms with Crippen molar-refractivity contribution in [2.24, 2.45) is 0 Å². The third-order valence-electron chi connectivity index (χ3n) is 2.91. The molecule has 2 rings (SSSR count). The number of hydrogen-bond acceptors (Lipinski definition) is 3. The molecule has 0 saturated heterocycles. The maximum Gasteiger partial charge on any atom is 0.167 e. The van der Waals surface area contributed by atoms with Gasteiger partial charge in [0.15, 0.2) is 11.6 Å². The van der Waals surface area contributed by atoms with E-state index in [0.29, 0.717) is 18.7 Å². The van der Waals surface area contributed by atoms with Crippen molar-refractivity contribution in [3.05, 3.63) is 53.2 Å². The zero-order valence-electron chi connectivity index (χ0n) is 11.2. The molecule has 19 heavy (non-hydrogen) atoms. The Morgan fingerprint density at radius 1 is 1.32 bits per heavy atom. The first-order valence-electron chi connectivity index (χ1n) is 6.36. The second-order valence-corrected chi connectivity index (χ2v) is 4.33. The van der Waals surface area contributed by atoms with Gasteiger partial charge in [-0.05, 0) is 31.2 Å². The number of hydrogen-bond donors (Lipinski definition) is 1. The van der Waals surface area contributed by atoms with Crippen molar-refractivity contribution >= 4 is 0 Å². The fourth-order valence-electron chi connectivity index (χ4n) is 1.78. The third-order valence-corrected chi connectivity index (χ3v) is 2.91. The molecule has 2 aromatic rings. The maximum atomic E-state index is 13.8. The van der Waals surface area contributed by atoms with Crippen LogP contribution in [0.5, 0.6) is 5.75 Å². The van der Waals surface area contributed by atoms with E-state index in [9.17, 15) is 4.39 Å². The van der Waals surface area contributed by atoms with Crippen LogP contribution in [0.25, 0.3) is 0 Å². The van der Waals surface area contributed by atoms with Crippen LogP contribution >= 0.6 is 0 Å². The van der Waals surface area contributed by atoms with E-state index in [0.717, 1.165) is 17.9 Å². The van der Waals surface area contributed by atoms with E-state index in [4.69, 9.17) is 9.15 Å². The fourth-order valence-corrected chi connectivity index (χ4v) is 1.78. The zero-order chi connectivity index (χ0) is 13.7. The number of halogens is 1. The molecule has 0 aliphatic carbocycles. The summed E-state index contributed by atoms with van der Waals surface area (Å²) in [5.41, 5.74) is 1.51. The second kappa shape index (κ2) is 6.38. The molecule has 0 aliphatic rings. The van der Waals surface area contributed by atoms with E-state index in [1.165, 1.54) is 0 Å². The Bertz CT molecular complexity index is 537. The zero-order valence-corrected chi connectivity index (χ0v) is 11.2. The van der Waals surface area contributed by atoms with Gasteiger partial charge in [0.1, 0.15) is 12.4 Å². The van der Waals surface area contributed by atoms with Gasteiger partial charge in [-0.3, -0.25) is 0 Å². The number of benzene rings is 1. The summed E-state index contributed by atoms with van der Waals surface area (Å²) >= 11 is 0. The fraction of sp³-hybridized carbons (Fsp3) is 0.333. The summed E-state index contributed by atoms with van der Waals surface area (Å²) in [6.07, 6.45) is 1.62. The van der Waals surface area contributed by atoms with Crippen molar-refractivity contribution in [1.82, 2.24) is 5.32 Å². The van der Waals surface area contributed by atoms with Crippen molar-refractivity contribution < 1.29 is 13.5 Å².